The van der Waals surface area contributed by atoms with E-state index in [1.807, 2.05) is 0 Å². The first-order valence-electron chi connectivity index (χ1n) is 7.08. The summed E-state index contributed by atoms with van der Waals surface area (Å²) in [5.41, 5.74) is -5.56. The Hall–Kier alpha value is -3.28. The zero-order valence-electron chi connectivity index (χ0n) is 13.0. The molecule has 2 aromatic carbocycles. The Kier molecular flexibility index (Phi) is 4.43. The molecule has 12 heteroatoms. The van der Waals surface area contributed by atoms with Gasteiger partial charge in [0.15, 0.2) is 0 Å². The summed E-state index contributed by atoms with van der Waals surface area (Å²) >= 11 is 0. The van der Waals surface area contributed by atoms with Crippen molar-refractivity contribution in [1.82, 2.24) is 9.97 Å². The number of nitrogens with zero attached hydrogens (tertiary/aromatic N) is 3. The van der Waals surface area contributed by atoms with E-state index in [0.29, 0.717) is 23.2 Å². The van der Waals surface area contributed by atoms with Gasteiger partial charge in [-0.3, -0.25) is 20.1 Å². The summed E-state index contributed by atoms with van der Waals surface area (Å²) in [6, 6.07) is 6.07. The Bertz CT molecular complexity index is 1150. The van der Waals surface area contributed by atoms with E-state index in [1.165, 1.54) is 30.6 Å². The lowest BCUT2D eigenvalue weighted by atomic mass is 10.2. The van der Waals surface area contributed by atoms with Crippen LogP contribution >= 0.6 is 0 Å². The molecule has 0 unspecified atom stereocenters. The number of benzene rings is 2. The molecule has 1 aromatic heterocycles. The van der Waals surface area contributed by atoms with E-state index in [1.54, 1.807) is 0 Å². The summed E-state index contributed by atoms with van der Waals surface area (Å²) in [6.45, 7) is 0. The summed E-state index contributed by atoms with van der Waals surface area (Å²) < 4.78 is 66.2. The van der Waals surface area contributed by atoms with Crippen molar-refractivity contribution in [2.24, 2.45) is 0 Å². The number of rotatable bonds is 4. The normalized spacial score (nSPS) is 12.1. The van der Waals surface area contributed by atoms with Crippen LogP contribution in [-0.2, 0) is 9.84 Å². The summed E-state index contributed by atoms with van der Waals surface area (Å²) in [5, 5.41) is 11.2. The fourth-order valence-electron chi connectivity index (χ4n) is 2.16. The monoisotopic (exact) mass is 399 g/mol. The quantitative estimate of drug-likeness (QED) is 0.486. The second kappa shape index (κ2) is 6.46. The topological polar surface area (TPSA) is 112 Å². The van der Waals surface area contributed by atoms with Gasteiger partial charge >= 0.3 is 11.2 Å². The molecule has 1 heterocycles. The van der Waals surface area contributed by atoms with Crippen molar-refractivity contribution in [3.63, 3.8) is 0 Å². The molecule has 0 spiro atoms. The third kappa shape index (κ3) is 3.51. The molecule has 3 aromatic rings. The summed E-state index contributed by atoms with van der Waals surface area (Å²) in [7, 11) is -5.73. The molecule has 0 aliphatic rings. The highest BCUT2D eigenvalue weighted by atomic mass is 32.2. The number of hydrogen-bond acceptors (Lipinski definition) is 7. The molecule has 27 heavy (non-hydrogen) atoms. The fraction of sp³-hybridized carbons (Fsp3) is 0.0667. The molecule has 0 saturated carbocycles. The number of aromatic nitrogens is 2. The molecule has 3 rings (SSSR count). The second-order valence-corrected chi connectivity index (χ2v) is 7.09. The number of ether oxygens (including phenoxy) is 1. The second-order valence-electron chi connectivity index (χ2n) is 5.14. The van der Waals surface area contributed by atoms with Gasteiger partial charge in [-0.25, -0.2) is 8.42 Å². The largest absolute Gasteiger partial charge is 0.501 e. The molecular formula is C15H8F3N3O5S. The van der Waals surface area contributed by atoms with Crippen molar-refractivity contribution in [1.29, 1.82) is 0 Å². The van der Waals surface area contributed by atoms with Crippen LogP contribution in [0, 0.1) is 10.1 Å². The van der Waals surface area contributed by atoms with Crippen molar-refractivity contribution in [3.8, 4) is 11.5 Å². The highest BCUT2D eigenvalue weighted by Gasteiger charge is 2.47. The summed E-state index contributed by atoms with van der Waals surface area (Å²) in [6.07, 6.45) is 2.89. The minimum atomic E-state index is -5.73. The molecule has 8 nitrogen and oxygen atoms in total. The molecule has 0 N–H and O–H groups in total. The Morgan fingerprint density at radius 2 is 1.67 bits per heavy atom. The van der Waals surface area contributed by atoms with Gasteiger partial charge in [0.1, 0.15) is 5.75 Å². The van der Waals surface area contributed by atoms with Crippen molar-refractivity contribution in [2.75, 3.05) is 0 Å². The number of halogens is 3. The number of nitro groups is 1. The van der Waals surface area contributed by atoms with Gasteiger partial charge in [-0.1, -0.05) is 0 Å². The molecule has 0 bridgehead atoms. The van der Waals surface area contributed by atoms with Crippen LogP contribution in [-0.4, -0.2) is 28.8 Å². The van der Waals surface area contributed by atoms with E-state index in [4.69, 9.17) is 4.74 Å². The van der Waals surface area contributed by atoms with Gasteiger partial charge in [0.2, 0.25) is 5.75 Å². The first kappa shape index (κ1) is 18.5. The van der Waals surface area contributed by atoms with Crippen LogP contribution in [0.15, 0.2) is 53.7 Å². The van der Waals surface area contributed by atoms with Crippen LogP contribution in [0.1, 0.15) is 0 Å². The molecule has 0 aliphatic carbocycles. The van der Waals surface area contributed by atoms with E-state index in [2.05, 4.69) is 9.97 Å². The molecule has 0 radical (unpaired) electrons. The van der Waals surface area contributed by atoms with E-state index in [-0.39, 0.29) is 5.75 Å². The highest BCUT2D eigenvalue weighted by molar-refractivity contribution is 7.92. The summed E-state index contributed by atoms with van der Waals surface area (Å²) in [4.78, 5) is 17.0. The highest BCUT2D eigenvalue weighted by Crippen LogP contribution is 2.37. The Morgan fingerprint density at radius 3 is 2.30 bits per heavy atom. The van der Waals surface area contributed by atoms with Gasteiger partial charge in [-0.2, -0.15) is 13.2 Å². The molecule has 140 valence electrons. The number of fused-ring (bicyclic) bond motifs is 1. The predicted octanol–water partition coefficient (Wildman–Crippen LogP) is 3.62. The maximum atomic E-state index is 12.6. The van der Waals surface area contributed by atoms with Gasteiger partial charge in [-0.05, 0) is 24.3 Å². The number of hydrogen-bond donors (Lipinski definition) is 0. The lowest BCUT2D eigenvalue weighted by Crippen LogP contribution is -2.23. The van der Waals surface area contributed by atoms with E-state index < -0.39 is 36.6 Å². The number of nitro benzene ring substituents is 1. The smallest absolute Gasteiger partial charge is 0.450 e. The SMILES string of the molecule is O=[N+]([O-])c1cc(S(=O)(=O)C(F)(F)F)ccc1Oc1ccc2nccnc2c1. The number of sulfone groups is 1. The van der Waals surface area contributed by atoms with E-state index >= 15 is 0 Å². The van der Waals surface area contributed by atoms with E-state index in [9.17, 15) is 31.7 Å². The summed E-state index contributed by atoms with van der Waals surface area (Å²) in [5.74, 6) is -0.318. The number of alkyl halides is 3. The van der Waals surface area contributed by atoms with Gasteiger partial charge in [0.25, 0.3) is 9.84 Å². The van der Waals surface area contributed by atoms with Crippen LogP contribution in [0.2, 0.25) is 0 Å². The molecule has 0 amide bonds. The Morgan fingerprint density at radius 1 is 1.00 bits per heavy atom. The molecule has 0 fully saturated rings. The fourth-order valence-corrected chi connectivity index (χ4v) is 2.94. The Labute approximate surface area is 149 Å². The first-order chi connectivity index (χ1) is 12.6. The molecule has 0 aliphatic heterocycles. The first-order valence-corrected chi connectivity index (χ1v) is 8.56. The van der Waals surface area contributed by atoms with Crippen molar-refractivity contribution in [2.45, 2.75) is 10.4 Å². The van der Waals surface area contributed by atoms with Gasteiger partial charge < -0.3 is 4.74 Å². The van der Waals surface area contributed by atoms with Crippen LogP contribution in [0.4, 0.5) is 18.9 Å². The maximum absolute atomic E-state index is 12.6. The molecular weight excluding hydrogens is 391 g/mol. The van der Waals surface area contributed by atoms with Crippen LogP contribution < -0.4 is 4.74 Å². The standard InChI is InChI=1S/C15H8F3N3O5S/c16-15(17,18)27(24,25)10-2-4-14(13(8-10)21(22)23)26-9-1-3-11-12(7-9)20-6-5-19-11/h1-8H. The van der Waals surface area contributed by atoms with Gasteiger partial charge in [0.05, 0.1) is 20.9 Å². The minimum Gasteiger partial charge on any atom is -0.450 e. The zero-order chi connectivity index (χ0) is 19.8. The predicted molar refractivity (Wildman–Crippen MR) is 85.9 cm³/mol. The average Bonchev–Trinajstić information content (AvgIpc) is 2.60. The van der Waals surface area contributed by atoms with Crippen LogP contribution in [0.3, 0.4) is 0 Å². The third-order valence-electron chi connectivity index (χ3n) is 3.41. The molecule has 0 atom stereocenters. The van der Waals surface area contributed by atoms with Crippen molar-refractivity contribution >= 4 is 26.6 Å². The maximum Gasteiger partial charge on any atom is 0.501 e. The Balaban J connectivity index is 2.03. The zero-order valence-corrected chi connectivity index (χ0v) is 13.9. The average molecular weight is 399 g/mol. The molecule has 0 saturated heterocycles. The minimum absolute atomic E-state index is 0.109. The lowest BCUT2D eigenvalue weighted by Gasteiger charge is -2.10. The van der Waals surface area contributed by atoms with E-state index in [0.717, 1.165) is 6.07 Å². The third-order valence-corrected chi connectivity index (χ3v) is 4.89. The lowest BCUT2D eigenvalue weighted by molar-refractivity contribution is -0.385. The van der Waals surface area contributed by atoms with Gasteiger partial charge in [-0.15, -0.1) is 0 Å². The van der Waals surface area contributed by atoms with Crippen LogP contribution in [0.5, 0.6) is 11.5 Å². The van der Waals surface area contributed by atoms with Crippen molar-refractivity contribution in [3.05, 3.63) is 58.9 Å². The van der Waals surface area contributed by atoms with Gasteiger partial charge in [0, 0.05) is 24.5 Å². The van der Waals surface area contributed by atoms with Crippen LogP contribution in [0.25, 0.3) is 11.0 Å². The van der Waals surface area contributed by atoms with Crippen molar-refractivity contribution < 1.29 is 31.2 Å².